The van der Waals surface area contributed by atoms with E-state index < -0.39 is 0 Å². The van der Waals surface area contributed by atoms with Crippen LogP contribution in [-0.2, 0) is 0 Å². The third-order valence-electron chi connectivity index (χ3n) is 4.79. The Kier molecular flexibility index (Phi) is 4.56. The van der Waals surface area contributed by atoms with Gasteiger partial charge in [-0.3, -0.25) is 4.90 Å². The second kappa shape index (κ2) is 6.57. The first kappa shape index (κ1) is 13.9. The van der Waals surface area contributed by atoms with Gasteiger partial charge in [0.2, 0.25) is 0 Å². The van der Waals surface area contributed by atoms with Gasteiger partial charge in [-0.05, 0) is 63.2 Å². The molecular weight excluding hydrogens is 246 g/mol. The Morgan fingerprint density at radius 3 is 2.80 bits per heavy atom. The van der Waals surface area contributed by atoms with Crippen molar-refractivity contribution in [1.29, 1.82) is 0 Å². The quantitative estimate of drug-likeness (QED) is 0.849. The molecule has 2 fully saturated rings. The minimum Gasteiger partial charge on any atom is -0.367 e. The van der Waals surface area contributed by atoms with Gasteiger partial charge in [0.25, 0.3) is 0 Å². The maximum atomic E-state index is 4.62. The molecule has 110 valence electrons. The summed E-state index contributed by atoms with van der Waals surface area (Å²) in [6.07, 6.45) is 11.3. The molecule has 0 aromatic carbocycles. The molecule has 2 heterocycles. The van der Waals surface area contributed by atoms with Gasteiger partial charge in [-0.25, -0.2) is 4.98 Å². The van der Waals surface area contributed by atoms with Crippen LogP contribution in [0.2, 0.25) is 0 Å². The summed E-state index contributed by atoms with van der Waals surface area (Å²) in [5, 5.41) is 3.52. The highest BCUT2D eigenvalue weighted by atomic mass is 15.2. The van der Waals surface area contributed by atoms with Gasteiger partial charge in [-0.15, -0.1) is 0 Å². The fraction of sp³-hybridized carbons (Fsp3) is 0.706. The largest absolute Gasteiger partial charge is 0.367 e. The number of aromatic nitrogens is 1. The molecule has 1 saturated heterocycles. The van der Waals surface area contributed by atoms with Crippen LogP contribution in [0, 0.1) is 0 Å². The summed E-state index contributed by atoms with van der Waals surface area (Å²) in [6, 6.07) is 5.72. The maximum absolute atomic E-state index is 4.62. The summed E-state index contributed by atoms with van der Waals surface area (Å²) < 4.78 is 0. The molecular formula is C17H27N3. The number of hydrogen-bond acceptors (Lipinski definition) is 3. The van der Waals surface area contributed by atoms with Crippen molar-refractivity contribution in [2.24, 2.45) is 0 Å². The summed E-state index contributed by atoms with van der Waals surface area (Å²) in [6.45, 7) is 4.77. The summed E-state index contributed by atoms with van der Waals surface area (Å²) in [7, 11) is 0. The Morgan fingerprint density at radius 2 is 2.15 bits per heavy atom. The van der Waals surface area contributed by atoms with Crippen LogP contribution in [0.25, 0.3) is 0 Å². The van der Waals surface area contributed by atoms with Gasteiger partial charge < -0.3 is 5.32 Å². The minimum atomic E-state index is 0.604. The predicted octanol–water partition coefficient (Wildman–Crippen LogP) is 3.98. The molecule has 1 aromatic heterocycles. The van der Waals surface area contributed by atoms with E-state index in [9.17, 15) is 0 Å². The SMILES string of the molecule is CCCCN1CCC[C@@H]1c1ccc(NC2CCC2)nc1. The van der Waals surface area contributed by atoms with Crippen LogP contribution >= 0.6 is 0 Å². The number of likely N-dealkylation sites (tertiary alicyclic amines) is 1. The van der Waals surface area contributed by atoms with Crippen LogP contribution in [0.4, 0.5) is 5.82 Å². The summed E-state index contributed by atoms with van der Waals surface area (Å²) in [5.41, 5.74) is 1.40. The van der Waals surface area contributed by atoms with Crippen molar-refractivity contribution >= 4 is 5.82 Å². The summed E-state index contributed by atoms with van der Waals surface area (Å²) >= 11 is 0. The molecule has 1 aliphatic heterocycles. The van der Waals surface area contributed by atoms with Crippen LogP contribution in [0.5, 0.6) is 0 Å². The van der Waals surface area contributed by atoms with Crippen LogP contribution in [-0.4, -0.2) is 29.0 Å². The Balaban J connectivity index is 1.60. The average molecular weight is 273 g/mol. The standard InChI is InChI=1S/C17H27N3/c1-2-3-11-20-12-5-8-16(20)14-9-10-17(18-13-14)19-15-6-4-7-15/h9-10,13,15-16H,2-8,11-12H2,1H3,(H,18,19)/t16-/m1/s1. The zero-order valence-electron chi connectivity index (χ0n) is 12.6. The molecule has 0 radical (unpaired) electrons. The topological polar surface area (TPSA) is 28.2 Å². The van der Waals surface area contributed by atoms with E-state index in [1.54, 1.807) is 0 Å². The molecule has 0 amide bonds. The predicted molar refractivity (Wildman–Crippen MR) is 84.0 cm³/mol. The van der Waals surface area contributed by atoms with Crippen molar-refractivity contribution in [3.05, 3.63) is 23.9 Å². The Labute approximate surface area is 122 Å². The smallest absolute Gasteiger partial charge is 0.126 e. The molecule has 0 spiro atoms. The molecule has 1 N–H and O–H groups in total. The number of nitrogens with zero attached hydrogens (tertiary/aromatic N) is 2. The molecule has 2 aliphatic rings. The summed E-state index contributed by atoms with van der Waals surface area (Å²) in [4.78, 5) is 7.26. The van der Waals surface area contributed by atoms with Crippen molar-refractivity contribution in [1.82, 2.24) is 9.88 Å². The number of nitrogens with one attached hydrogen (secondary N) is 1. The van der Waals surface area contributed by atoms with Gasteiger partial charge in [0, 0.05) is 18.3 Å². The van der Waals surface area contributed by atoms with Crippen LogP contribution in [0.3, 0.4) is 0 Å². The lowest BCUT2D eigenvalue weighted by Crippen LogP contribution is -2.27. The van der Waals surface area contributed by atoms with Gasteiger partial charge >= 0.3 is 0 Å². The van der Waals surface area contributed by atoms with E-state index in [-0.39, 0.29) is 0 Å². The van der Waals surface area contributed by atoms with Crippen LogP contribution < -0.4 is 5.32 Å². The summed E-state index contributed by atoms with van der Waals surface area (Å²) in [5.74, 6) is 1.05. The monoisotopic (exact) mass is 273 g/mol. The lowest BCUT2D eigenvalue weighted by molar-refractivity contribution is 0.253. The second-order valence-corrected chi connectivity index (χ2v) is 6.30. The van der Waals surface area contributed by atoms with E-state index in [4.69, 9.17) is 0 Å². The van der Waals surface area contributed by atoms with E-state index in [0.717, 1.165) is 5.82 Å². The van der Waals surface area contributed by atoms with Crippen molar-refractivity contribution in [2.45, 2.75) is 64.0 Å². The molecule has 3 rings (SSSR count). The fourth-order valence-corrected chi connectivity index (χ4v) is 3.28. The van der Waals surface area contributed by atoms with Crippen molar-refractivity contribution < 1.29 is 0 Å². The molecule has 3 nitrogen and oxygen atoms in total. The van der Waals surface area contributed by atoms with Gasteiger partial charge in [0.1, 0.15) is 5.82 Å². The van der Waals surface area contributed by atoms with Gasteiger partial charge in [0.15, 0.2) is 0 Å². The lowest BCUT2D eigenvalue weighted by atomic mass is 9.93. The van der Waals surface area contributed by atoms with Crippen molar-refractivity contribution in [2.75, 3.05) is 18.4 Å². The molecule has 3 heteroatoms. The minimum absolute atomic E-state index is 0.604. The first-order valence-corrected chi connectivity index (χ1v) is 8.33. The molecule has 1 atom stereocenters. The number of hydrogen-bond donors (Lipinski definition) is 1. The first-order chi connectivity index (χ1) is 9.86. The zero-order chi connectivity index (χ0) is 13.8. The number of anilines is 1. The highest BCUT2D eigenvalue weighted by Crippen LogP contribution is 2.32. The Hall–Kier alpha value is -1.09. The molecule has 0 unspecified atom stereocenters. The van der Waals surface area contributed by atoms with Gasteiger partial charge in [-0.2, -0.15) is 0 Å². The fourth-order valence-electron chi connectivity index (χ4n) is 3.28. The highest BCUT2D eigenvalue weighted by molar-refractivity contribution is 5.38. The molecule has 1 aliphatic carbocycles. The van der Waals surface area contributed by atoms with Crippen LogP contribution in [0.15, 0.2) is 18.3 Å². The lowest BCUT2D eigenvalue weighted by Gasteiger charge is -2.27. The van der Waals surface area contributed by atoms with Crippen molar-refractivity contribution in [3.63, 3.8) is 0 Å². The number of pyridine rings is 1. The zero-order valence-corrected chi connectivity index (χ0v) is 12.6. The Bertz CT molecular complexity index is 411. The van der Waals surface area contributed by atoms with E-state index in [0.29, 0.717) is 12.1 Å². The van der Waals surface area contributed by atoms with Crippen LogP contribution in [0.1, 0.15) is 63.5 Å². The van der Waals surface area contributed by atoms with E-state index in [2.05, 4.69) is 40.5 Å². The third-order valence-corrected chi connectivity index (χ3v) is 4.79. The second-order valence-electron chi connectivity index (χ2n) is 6.30. The average Bonchev–Trinajstić information content (AvgIpc) is 2.89. The highest BCUT2D eigenvalue weighted by Gasteiger charge is 2.25. The van der Waals surface area contributed by atoms with Crippen molar-refractivity contribution in [3.8, 4) is 0 Å². The molecule has 0 bridgehead atoms. The van der Waals surface area contributed by atoms with E-state index in [1.807, 2.05) is 0 Å². The van der Waals surface area contributed by atoms with Gasteiger partial charge in [0.05, 0.1) is 0 Å². The number of rotatable bonds is 6. The van der Waals surface area contributed by atoms with E-state index >= 15 is 0 Å². The third kappa shape index (κ3) is 3.14. The Morgan fingerprint density at radius 1 is 1.25 bits per heavy atom. The normalized spacial score (nSPS) is 23.8. The van der Waals surface area contributed by atoms with E-state index in [1.165, 1.54) is 63.6 Å². The molecule has 1 aromatic rings. The molecule has 20 heavy (non-hydrogen) atoms. The maximum Gasteiger partial charge on any atom is 0.126 e. The number of unbranched alkanes of at least 4 members (excludes halogenated alkanes) is 1. The first-order valence-electron chi connectivity index (χ1n) is 8.33. The molecule has 1 saturated carbocycles. The van der Waals surface area contributed by atoms with Gasteiger partial charge in [-0.1, -0.05) is 19.4 Å².